The van der Waals surface area contributed by atoms with Crippen LogP contribution in [0.2, 0.25) is 0 Å². The fraction of sp³-hybridized carbons (Fsp3) is 0.355. The van der Waals surface area contributed by atoms with E-state index in [1.165, 1.54) is 24.3 Å². The van der Waals surface area contributed by atoms with E-state index in [0.717, 1.165) is 29.1 Å². The van der Waals surface area contributed by atoms with Crippen molar-refractivity contribution in [1.29, 1.82) is 0 Å². The van der Waals surface area contributed by atoms with Crippen LogP contribution in [0.1, 0.15) is 51.7 Å². The Morgan fingerprint density at radius 1 is 0.857 bits per heavy atom. The maximum Gasteiger partial charge on any atom is 0.346 e. The second-order valence-corrected chi connectivity index (χ2v) is 12.5. The molecule has 7 nitrogen and oxygen atoms in total. The van der Waals surface area contributed by atoms with E-state index in [-0.39, 0.29) is 35.4 Å². The number of rotatable bonds is 10. The molecular formula is C31H31FO7S3. The van der Waals surface area contributed by atoms with Gasteiger partial charge in [-0.15, -0.1) is 0 Å². The highest BCUT2D eigenvalue weighted by atomic mass is 32.2. The smallest absolute Gasteiger partial charge is 0.346 e. The Morgan fingerprint density at radius 2 is 1.43 bits per heavy atom. The van der Waals surface area contributed by atoms with Crippen LogP contribution in [0.3, 0.4) is 0 Å². The van der Waals surface area contributed by atoms with Crippen LogP contribution in [0, 0.1) is 11.2 Å². The Bertz CT molecular complexity index is 1450. The summed E-state index contributed by atoms with van der Waals surface area (Å²) >= 11 is 8.30. The summed E-state index contributed by atoms with van der Waals surface area (Å²) in [4.78, 5) is 40.3. The quantitative estimate of drug-likeness (QED) is 0.158. The second kappa shape index (κ2) is 13.4. The van der Waals surface area contributed by atoms with Gasteiger partial charge in [0.2, 0.25) is 0 Å². The number of carbonyl (C=O) groups excluding carboxylic acids is 3. The van der Waals surface area contributed by atoms with Crippen molar-refractivity contribution in [2.45, 2.75) is 40.5 Å². The molecule has 1 aliphatic heterocycles. The number of allylic oxidation sites excluding steroid dienone is 1. The molecule has 0 saturated heterocycles. The van der Waals surface area contributed by atoms with Gasteiger partial charge in [0, 0.05) is 15.9 Å². The molecule has 1 aliphatic carbocycles. The van der Waals surface area contributed by atoms with Gasteiger partial charge >= 0.3 is 11.9 Å². The normalized spacial score (nSPS) is 17.6. The lowest BCUT2D eigenvalue weighted by Crippen LogP contribution is -2.41. The lowest BCUT2D eigenvalue weighted by atomic mass is 9.63. The molecule has 42 heavy (non-hydrogen) atoms. The number of halogens is 1. The number of hydrogen-bond acceptors (Lipinski definition) is 10. The first-order chi connectivity index (χ1) is 20.0. The predicted molar refractivity (Wildman–Crippen MR) is 166 cm³/mol. The summed E-state index contributed by atoms with van der Waals surface area (Å²) in [6.07, 6.45) is 0. The fourth-order valence-electron chi connectivity index (χ4n) is 4.83. The monoisotopic (exact) mass is 630 g/mol. The van der Waals surface area contributed by atoms with Crippen molar-refractivity contribution in [2.24, 2.45) is 5.41 Å². The van der Waals surface area contributed by atoms with Gasteiger partial charge in [-0.25, -0.2) is 14.0 Å². The minimum Gasteiger partial charge on any atom is -0.494 e. The van der Waals surface area contributed by atoms with Gasteiger partial charge in [0.05, 0.1) is 30.0 Å². The van der Waals surface area contributed by atoms with E-state index in [4.69, 9.17) is 31.2 Å². The molecule has 0 radical (unpaired) electrons. The number of ketones is 1. The lowest BCUT2D eigenvalue weighted by molar-refractivity contribution is -0.140. The van der Waals surface area contributed by atoms with Gasteiger partial charge in [0.1, 0.15) is 33.7 Å². The first-order valence-electron chi connectivity index (χ1n) is 13.4. The van der Waals surface area contributed by atoms with Crippen LogP contribution in [-0.2, 0) is 23.9 Å². The van der Waals surface area contributed by atoms with Crippen molar-refractivity contribution in [3.63, 3.8) is 0 Å². The van der Waals surface area contributed by atoms with Crippen molar-refractivity contribution in [3.8, 4) is 11.5 Å². The summed E-state index contributed by atoms with van der Waals surface area (Å²) in [5, 5.41) is 0. The van der Waals surface area contributed by atoms with Gasteiger partial charge < -0.3 is 18.9 Å². The van der Waals surface area contributed by atoms with E-state index in [0.29, 0.717) is 38.3 Å². The van der Waals surface area contributed by atoms with E-state index < -0.39 is 29.1 Å². The highest BCUT2D eigenvalue weighted by Crippen LogP contribution is 2.58. The Hall–Kier alpha value is -3.15. The van der Waals surface area contributed by atoms with Crippen molar-refractivity contribution < 1.29 is 37.7 Å². The first-order valence-corrected chi connectivity index (χ1v) is 15.5. The lowest BCUT2D eigenvalue weighted by Gasteiger charge is -2.41. The Morgan fingerprint density at radius 3 is 1.98 bits per heavy atom. The van der Waals surface area contributed by atoms with Crippen LogP contribution >= 0.6 is 35.7 Å². The van der Waals surface area contributed by atoms with E-state index in [9.17, 15) is 18.8 Å². The van der Waals surface area contributed by atoms with Crippen molar-refractivity contribution in [3.05, 3.63) is 73.5 Å². The van der Waals surface area contributed by atoms with E-state index in [1.54, 1.807) is 19.9 Å². The summed E-state index contributed by atoms with van der Waals surface area (Å²) in [6.45, 7) is 9.52. The minimum absolute atomic E-state index is 0.136. The maximum atomic E-state index is 13.8. The van der Waals surface area contributed by atoms with Gasteiger partial charge in [-0.1, -0.05) is 55.7 Å². The third kappa shape index (κ3) is 6.43. The molecule has 2 aromatic rings. The van der Waals surface area contributed by atoms with Gasteiger partial charge in [-0.3, -0.25) is 4.79 Å². The van der Waals surface area contributed by atoms with Crippen LogP contribution < -0.4 is 9.47 Å². The molecule has 0 spiro atoms. The third-order valence-corrected chi connectivity index (χ3v) is 9.98. The molecule has 2 aromatic carbocycles. The zero-order valence-corrected chi connectivity index (χ0v) is 26.4. The molecule has 0 amide bonds. The van der Waals surface area contributed by atoms with Crippen molar-refractivity contribution >= 4 is 63.9 Å². The molecular weight excluding hydrogens is 600 g/mol. The van der Waals surface area contributed by atoms with Crippen LogP contribution in [0.4, 0.5) is 4.39 Å². The summed E-state index contributed by atoms with van der Waals surface area (Å²) in [6, 6.07) is 10.9. The maximum absolute atomic E-state index is 13.8. The van der Waals surface area contributed by atoms with E-state index in [2.05, 4.69) is 0 Å². The average molecular weight is 631 g/mol. The molecule has 1 heterocycles. The van der Waals surface area contributed by atoms with Crippen LogP contribution in [0.25, 0.3) is 5.57 Å². The van der Waals surface area contributed by atoms with Gasteiger partial charge in [0.15, 0.2) is 5.78 Å². The topological polar surface area (TPSA) is 88.1 Å². The number of fused-ring (bicyclic) bond motifs is 1. The molecule has 4 rings (SSSR count). The molecule has 1 atom stereocenters. The molecule has 2 aliphatic rings. The number of ether oxygens (including phenoxy) is 4. The van der Waals surface area contributed by atoms with E-state index in [1.807, 2.05) is 32.9 Å². The molecule has 0 fully saturated rings. The zero-order valence-electron chi connectivity index (χ0n) is 23.9. The summed E-state index contributed by atoms with van der Waals surface area (Å²) < 4.78 is 35.9. The summed E-state index contributed by atoms with van der Waals surface area (Å²) in [5.41, 5.74) is 1.19. The molecule has 0 saturated carbocycles. The number of carbonyl (C=O) groups is 3. The number of thioether (sulfide) groups is 2. The fourth-order valence-corrected chi connectivity index (χ4v) is 7.85. The standard InChI is InChI=1S/C31H31FO7S3/c1-6-36-19-13-14-20-21(15-19)23(30-41-25(28(34)37-7-2)26(42-30)29(35)38-8-3)27(40)31(4,5)24(20)22(33)16-39-18-11-9-17(32)10-12-18/h9-15,24H,6-8,16H2,1-5H3/t24-/m1/s1. The number of hydrogen-bond donors (Lipinski definition) is 0. The molecule has 0 N–H and O–H groups in total. The molecule has 0 aromatic heterocycles. The number of thiocarbonyl (C=S) groups is 1. The largest absolute Gasteiger partial charge is 0.494 e. The second-order valence-electron chi connectivity index (χ2n) is 9.84. The first kappa shape index (κ1) is 31.8. The van der Waals surface area contributed by atoms with Crippen LogP contribution in [0.5, 0.6) is 11.5 Å². The van der Waals surface area contributed by atoms with Gasteiger partial charge in [-0.2, -0.15) is 0 Å². The predicted octanol–water partition coefficient (Wildman–Crippen LogP) is 6.85. The summed E-state index contributed by atoms with van der Waals surface area (Å²) in [5.74, 6) is -1.56. The Balaban J connectivity index is 1.80. The molecule has 0 unspecified atom stereocenters. The summed E-state index contributed by atoms with van der Waals surface area (Å²) in [7, 11) is 0. The average Bonchev–Trinajstić information content (AvgIpc) is 3.39. The Kier molecular flexibility index (Phi) is 10.2. The number of benzene rings is 2. The highest BCUT2D eigenvalue weighted by Gasteiger charge is 2.48. The van der Waals surface area contributed by atoms with Crippen LogP contribution in [-0.4, -0.2) is 49.0 Å². The van der Waals surface area contributed by atoms with Crippen molar-refractivity contribution in [2.75, 3.05) is 26.4 Å². The Labute approximate surface area is 258 Å². The SMILES string of the molecule is CCOC(=O)C1=C(C(=O)OCC)SC(=C2C(=S)C(C)(C)[C@@H](C(=O)COc3ccc(F)cc3)c3ccc(OCC)cc32)S1. The zero-order chi connectivity index (χ0) is 30.6. The van der Waals surface area contributed by atoms with Gasteiger partial charge in [-0.05, 0) is 68.3 Å². The molecule has 11 heteroatoms. The minimum atomic E-state index is -0.848. The molecule has 0 bridgehead atoms. The van der Waals surface area contributed by atoms with Crippen LogP contribution in [0.15, 0.2) is 56.5 Å². The highest BCUT2D eigenvalue weighted by molar-refractivity contribution is 8.29. The van der Waals surface area contributed by atoms with Gasteiger partial charge in [0.25, 0.3) is 0 Å². The third-order valence-electron chi connectivity index (χ3n) is 6.69. The number of Topliss-reactive ketones (excluding diaryl/α,β-unsaturated/α-hetero) is 1. The van der Waals surface area contributed by atoms with Crippen molar-refractivity contribution in [1.82, 2.24) is 0 Å². The van der Waals surface area contributed by atoms with E-state index >= 15 is 0 Å². The number of esters is 2. The molecule has 222 valence electrons.